The molecule has 0 bridgehead atoms. The Kier molecular flexibility index (Phi) is 3.97. The molecule has 0 aliphatic carbocycles. The van der Waals surface area contributed by atoms with Crippen LogP contribution < -0.4 is 4.72 Å². The lowest BCUT2D eigenvalue weighted by Crippen LogP contribution is -2.14. The highest BCUT2D eigenvalue weighted by Gasteiger charge is 2.23. The highest BCUT2D eigenvalue weighted by molar-refractivity contribution is 7.93. The standard InChI is InChI=1S/C12H11FN2O4S2/c1-6-3-4-8(5-9(6)13)21(18,19)15-11-10(12(16)17)7(2)14-20-11/h3-5,15H,1-2H3,(H,16,17). The summed E-state index contributed by atoms with van der Waals surface area (Å²) in [6, 6.07) is 3.46. The fourth-order valence-corrected chi connectivity index (χ4v) is 3.71. The van der Waals surface area contributed by atoms with Crippen LogP contribution in [0.4, 0.5) is 9.39 Å². The number of aromatic carboxylic acids is 1. The number of aromatic nitrogens is 1. The molecule has 0 spiro atoms. The molecule has 0 saturated carbocycles. The summed E-state index contributed by atoms with van der Waals surface area (Å²) in [5.74, 6) is -1.94. The Balaban J connectivity index is 2.42. The molecule has 0 radical (unpaired) electrons. The minimum atomic E-state index is -4.08. The van der Waals surface area contributed by atoms with E-state index in [2.05, 4.69) is 9.10 Å². The van der Waals surface area contributed by atoms with Gasteiger partial charge in [0.05, 0.1) is 10.6 Å². The van der Waals surface area contributed by atoms with Gasteiger partial charge in [0.2, 0.25) is 0 Å². The average molecular weight is 330 g/mol. The van der Waals surface area contributed by atoms with E-state index in [4.69, 9.17) is 5.11 Å². The van der Waals surface area contributed by atoms with Crippen molar-refractivity contribution in [3.8, 4) is 0 Å². The number of nitrogens with one attached hydrogen (secondary N) is 1. The number of anilines is 1. The third-order valence-electron chi connectivity index (χ3n) is 2.76. The van der Waals surface area contributed by atoms with Crippen molar-refractivity contribution in [1.29, 1.82) is 0 Å². The van der Waals surface area contributed by atoms with E-state index in [9.17, 15) is 17.6 Å². The Labute approximate surface area is 124 Å². The van der Waals surface area contributed by atoms with Crippen LogP contribution >= 0.6 is 11.5 Å². The van der Waals surface area contributed by atoms with Crippen molar-refractivity contribution in [2.24, 2.45) is 0 Å². The second kappa shape index (κ2) is 5.41. The minimum Gasteiger partial charge on any atom is -0.478 e. The van der Waals surface area contributed by atoms with Crippen LogP contribution in [0.1, 0.15) is 21.6 Å². The normalized spacial score (nSPS) is 11.4. The van der Waals surface area contributed by atoms with Gasteiger partial charge in [0.15, 0.2) is 0 Å². The topological polar surface area (TPSA) is 96.4 Å². The van der Waals surface area contributed by atoms with Crippen molar-refractivity contribution in [3.05, 3.63) is 40.8 Å². The van der Waals surface area contributed by atoms with Gasteiger partial charge in [0, 0.05) is 0 Å². The quantitative estimate of drug-likeness (QED) is 0.897. The zero-order valence-electron chi connectivity index (χ0n) is 11.0. The molecule has 2 rings (SSSR count). The maximum absolute atomic E-state index is 13.5. The fourth-order valence-electron chi connectivity index (χ4n) is 1.61. The number of rotatable bonds is 4. The van der Waals surface area contributed by atoms with E-state index in [0.29, 0.717) is 5.56 Å². The smallest absolute Gasteiger partial charge is 0.340 e. The third-order valence-corrected chi connectivity index (χ3v) is 5.09. The van der Waals surface area contributed by atoms with Crippen molar-refractivity contribution in [2.45, 2.75) is 18.7 Å². The van der Waals surface area contributed by atoms with Gasteiger partial charge in [-0.15, -0.1) is 0 Å². The fraction of sp³-hybridized carbons (Fsp3) is 0.167. The number of carboxylic acid groups (broad SMARTS) is 1. The molecule has 1 aromatic carbocycles. The van der Waals surface area contributed by atoms with Crippen molar-refractivity contribution < 1.29 is 22.7 Å². The van der Waals surface area contributed by atoms with Gasteiger partial charge in [0.1, 0.15) is 16.4 Å². The molecule has 2 N–H and O–H groups in total. The number of hydrogen-bond acceptors (Lipinski definition) is 5. The van der Waals surface area contributed by atoms with Crippen LogP contribution in [0.15, 0.2) is 23.1 Å². The molecule has 0 aliphatic rings. The summed E-state index contributed by atoms with van der Waals surface area (Å²) in [6.07, 6.45) is 0. The van der Waals surface area contributed by atoms with E-state index in [-0.39, 0.29) is 21.2 Å². The predicted molar refractivity (Wildman–Crippen MR) is 75.8 cm³/mol. The predicted octanol–water partition coefficient (Wildman–Crippen LogP) is 2.40. The molecule has 0 saturated heterocycles. The van der Waals surface area contributed by atoms with Crippen molar-refractivity contribution in [1.82, 2.24) is 4.37 Å². The summed E-state index contributed by atoms with van der Waals surface area (Å²) in [5.41, 5.74) is 0.310. The number of sulfonamides is 1. The summed E-state index contributed by atoms with van der Waals surface area (Å²) in [5, 5.41) is 8.94. The molecule has 2 aromatic rings. The molecular formula is C12H11FN2O4S2. The summed E-state index contributed by atoms with van der Waals surface area (Å²) in [4.78, 5) is 10.8. The Morgan fingerprint density at radius 2 is 2.05 bits per heavy atom. The molecule has 1 aromatic heterocycles. The molecule has 0 unspecified atom stereocenters. The lowest BCUT2D eigenvalue weighted by atomic mass is 10.2. The monoisotopic (exact) mass is 330 g/mol. The first kappa shape index (κ1) is 15.4. The highest BCUT2D eigenvalue weighted by atomic mass is 32.2. The van der Waals surface area contributed by atoms with E-state index in [1.54, 1.807) is 0 Å². The largest absolute Gasteiger partial charge is 0.478 e. The van der Waals surface area contributed by atoms with E-state index < -0.39 is 21.8 Å². The van der Waals surface area contributed by atoms with Crippen LogP contribution in [0.2, 0.25) is 0 Å². The Morgan fingerprint density at radius 1 is 1.38 bits per heavy atom. The van der Waals surface area contributed by atoms with Crippen LogP contribution in [0, 0.1) is 19.7 Å². The molecule has 0 fully saturated rings. The summed E-state index contributed by atoms with van der Waals surface area (Å²) < 4.78 is 43.7. The van der Waals surface area contributed by atoms with Gasteiger partial charge in [0.25, 0.3) is 10.0 Å². The molecule has 0 atom stereocenters. The first-order valence-corrected chi connectivity index (χ1v) is 7.96. The Morgan fingerprint density at radius 3 is 2.62 bits per heavy atom. The number of carbonyl (C=O) groups is 1. The number of hydrogen-bond donors (Lipinski definition) is 2. The highest BCUT2D eigenvalue weighted by Crippen LogP contribution is 2.27. The summed E-state index contributed by atoms with van der Waals surface area (Å²) in [6.45, 7) is 2.97. The maximum atomic E-state index is 13.5. The Bertz CT molecular complexity index is 815. The minimum absolute atomic E-state index is 0.110. The van der Waals surface area contributed by atoms with Crippen LogP contribution in [0.25, 0.3) is 0 Å². The molecule has 112 valence electrons. The second-order valence-corrected chi connectivity index (χ2v) is 6.75. The van der Waals surface area contributed by atoms with Crippen LogP contribution in [-0.2, 0) is 10.0 Å². The molecule has 21 heavy (non-hydrogen) atoms. The molecule has 6 nitrogen and oxygen atoms in total. The van der Waals surface area contributed by atoms with Gasteiger partial charge >= 0.3 is 5.97 Å². The van der Waals surface area contributed by atoms with E-state index in [0.717, 1.165) is 17.6 Å². The van der Waals surface area contributed by atoms with E-state index >= 15 is 0 Å². The van der Waals surface area contributed by atoms with Gasteiger partial charge in [-0.05, 0) is 43.1 Å². The number of benzene rings is 1. The van der Waals surface area contributed by atoms with Gasteiger partial charge in [-0.25, -0.2) is 17.6 Å². The molecule has 1 heterocycles. The zero-order chi connectivity index (χ0) is 15.8. The van der Waals surface area contributed by atoms with Gasteiger partial charge in [-0.1, -0.05) is 6.07 Å². The number of aryl methyl sites for hydroxylation is 2. The number of nitrogens with zero attached hydrogens (tertiary/aromatic N) is 1. The molecule has 0 amide bonds. The van der Waals surface area contributed by atoms with Crippen molar-refractivity contribution in [3.63, 3.8) is 0 Å². The first-order chi connectivity index (χ1) is 9.72. The summed E-state index contributed by atoms with van der Waals surface area (Å²) in [7, 11) is -4.08. The molecular weight excluding hydrogens is 319 g/mol. The first-order valence-electron chi connectivity index (χ1n) is 5.71. The maximum Gasteiger partial charge on any atom is 0.340 e. The lowest BCUT2D eigenvalue weighted by Gasteiger charge is -2.07. The number of carboxylic acids is 1. The van der Waals surface area contributed by atoms with Crippen molar-refractivity contribution in [2.75, 3.05) is 4.72 Å². The SMILES string of the molecule is Cc1ccc(S(=O)(=O)Nc2snc(C)c2C(=O)O)cc1F. The third kappa shape index (κ3) is 3.03. The van der Waals surface area contributed by atoms with E-state index in [1.165, 1.54) is 26.0 Å². The van der Waals surface area contributed by atoms with Gasteiger partial charge in [-0.3, -0.25) is 4.72 Å². The van der Waals surface area contributed by atoms with E-state index in [1.807, 2.05) is 0 Å². The lowest BCUT2D eigenvalue weighted by molar-refractivity contribution is 0.0697. The van der Waals surface area contributed by atoms with Crippen molar-refractivity contribution >= 4 is 32.5 Å². The second-order valence-electron chi connectivity index (χ2n) is 4.29. The average Bonchev–Trinajstić information content (AvgIpc) is 2.73. The Hall–Kier alpha value is -2.00. The van der Waals surface area contributed by atoms with Crippen LogP contribution in [-0.4, -0.2) is 23.9 Å². The van der Waals surface area contributed by atoms with Crippen LogP contribution in [0.3, 0.4) is 0 Å². The van der Waals surface area contributed by atoms with Crippen LogP contribution in [0.5, 0.6) is 0 Å². The molecule has 9 heteroatoms. The number of halogens is 1. The summed E-state index contributed by atoms with van der Waals surface area (Å²) >= 11 is 0.719. The zero-order valence-corrected chi connectivity index (χ0v) is 12.7. The van der Waals surface area contributed by atoms with Gasteiger partial charge in [-0.2, -0.15) is 4.37 Å². The van der Waals surface area contributed by atoms with Gasteiger partial charge < -0.3 is 5.11 Å². The molecule has 0 aliphatic heterocycles.